The highest BCUT2D eigenvalue weighted by Gasteiger charge is 2.17. The molecule has 0 bridgehead atoms. The molecule has 1 aliphatic rings. The molecule has 0 radical (unpaired) electrons. The Labute approximate surface area is 153 Å². The van der Waals surface area contributed by atoms with Crippen LogP contribution in [0, 0.1) is 0 Å². The molecule has 0 aromatic heterocycles. The second-order valence-corrected chi connectivity index (χ2v) is 7.85. The Bertz CT molecular complexity index is 816. The summed E-state index contributed by atoms with van der Waals surface area (Å²) in [6, 6.07) is 3.91. The molecule has 136 valence electrons. The van der Waals surface area contributed by atoms with Gasteiger partial charge < -0.3 is 0 Å². The summed E-state index contributed by atoms with van der Waals surface area (Å²) >= 11 is 5.82. The van der Waals surface area contributed by atoms with Gasteiger partial charge in [-0.25, -0.2) is 19.0 Å². The largest absolute Gasteiger partial charge is 0.271 e. The van der Waals surface area contributed by atoms with Crippen LogP contribution in [0.2, 0.25) is 5.02 Å². The van der Waals surface area contributed by atoms with Crippen LogP contribution in [0.1, 0.15) is 55.8 Å². The van der Waals surface area contributed by atoms with E-state index in [0.717, 1.165) is 50.3 Å². The van der Waals surface area contributed by atoms with Crippen molar-refractivity contribution in [2.75, 3.05) is 0 Å². The molecule has 1 aromatic rings. The zero-order valence-corrected chi connectivity index (χ0v) is 15.7. The van der Waals surface area contributed by atoms with Crippen LogP contribution in [0.15, 0.2) is 39.8 Å². The molecule has 0 saturated carbocycles. The number of hydrogen-bond donors (Lipinski definition) is 2. The van der Waals surface area contributed by atoms with E-state index in [1.54, 1.807) is 0 Å². The Kier molecular flexibility index (Phi) is 6.75. The zero-order chi connectivity index (χ0) is 18.4. The lowest BCUT2D eigenvalue weighted by atomic mass is 10.1. The van der Waals surface area contributed by atoms with E-state index in [1.165, 1.54) is 17.7 Å². The summed E-state index contributed by atoms with van der Waals surface area (Å²) in [5, 5.41) is 9.28. The van der Waals surface area contributed by atoms with Crippen molar-refractivity contribution in [2.24, 2.45) is 10.2 Å². The first-order valence-electron chi connectivity index (χ1n) is 8.21. The summed E-state index contributed by atoms with van der Waals surface area (Å²) in [7, 11) is -4.00. The predicted molar refractivity (Wildman–Crippen MR) is 99.2 cm³/mol. The van der Waals surface area contributed by atoms with Crippen LogP contribution in [0.5, 0.6) is 0 Å². The number of sulfonamides is 1. The van der Waals surface area contributed by atoms with Crippen LogP contribution < -0.4 is 10.6 Å². The molecule has 0 atom stereocenters. The fourth-order valence-electron chi connectivity index (χ4n) is 2.65. The zero-order valence-electron chi connectivity index (χ0n) is 14.1. The van der Waals surface area contributed by atoms with Crippen molar-refractivity contribution in [3.8, 4) is 0 Å². The SMILES string of the molecule is CCCCCC1=CCCC1=NNC(=O)c1ccc(Cl)c(S(N)(=O)=O)c1. The number of nitrogens with two attached hydrogens (primary N) is 1. The number of hydrogen-bond acceptors (Lipinski definition) is 4. The molecule has 8 heteroatoms. The predicted octanol–water partition coefficient (Wildman–Crippen LogP) is 3.37. The maximum absolute atomic E-state index is 12.2. The fourth-order valence-corrected chi connectivity index (χ4v) is 3.72. The Morgan fingerprint density at radius 1 is 1.36 bits per heavy atom. The van der Waals surface area contributed by atoms with Gasteiger partial charge in [-0.3, -0.25) is 4.79 Å². The first kappa shape index (κ1) is 19.6. The molecule has 2 rings (SSSR count). The molecule has 0 heterocycles. The van der Waals surface area contributed by atoms with Gasteiger partial charge in [-0.15, -0.1) is 0 Å². The third kappa shape index (κ3) is 5.39. The van der Waals surface area contributed by atoms with Gasteiger partial charge in [0.05, 0.1) is 10.7 Å². The second kappa shape index (κ2) is 8.60. The van der Waals surface area contributed by atoms with Gasteiger partial charge in [0.25, 0.3) is 5.91 Å². The van der Waals surface area contributed by atoms with E-state index in [-0.39, 0.29) is 15.5 Å². The molecular weight excluding hydrogens is 362 g/mol. The highest BCUT2D eigenvalue weighted by atomic mass is 35.5. The van der Waals surface area contributed by atoms with E-state index in [9.17, 15) is 13.2 Å². The number of nitrogens with zero attached hydrogens (tertiary/aromatic N) is 1. The Morgan fingerprint density at radius 2 is 2.12 bits per heavy atom. The van der Waals surface area contributed by atoms with Crippen molar-refractivity contribution in [2.45, 2.75) is 50.3 Å². The van der Waals surface area contributed by atoms with Crippen molar-refractivity contribution >= 4 is 33.2 Å². The summed E-state index contributed by atoms with van der Waals surface area (Å²) < 4.78 is 23.0. The van der Waals surface area contributed by atoms with Crippen molar-refractivity contribution in [1.82, 2.24) is 5.43 Å². The molecular formula is C17H22ClN3O3S. The van der Waals surface area contributed by atoms with E-state index < -0.39 is 15.9 Å². The van der Waals surface area contributed by atoms with Crippen LogP contribution in [-0.4, -0.2) is 20.0 Å². The van der Waals surface area contributed by atoms with Gasteiger partial charge in [-0.2, -0.15) is 5.10 Å². The van der Waals surface area contributed by atoms with Gasteiger partial charge in [0, 0.05) is 5.56 Å². The summed E-state index contributed by atoms with van der Waals surface area (Å²) in [6.07, 6.45) is 8.25. The number of hydrazone groups is 1. The third-order valence-electron chi connectivity index (χ3n) is 3.98. The van der Waals surface area contributed by atoms with Gasteiger partial charge in [0.15, 0.2) is 0 Å². The van der Waals surface area contributed by atoms with Crippen molar-refractivity contribution in [3.05, 3.63) is 40.4 Å². The highest BCUT2D eigenvalue weighted by molar-refractivity contribution is 7.89. The van der Waals surface area contributed by atoms with Gasteiger partial charge in [0.2, 0.25) is 10.0 Å². The van der Waals surface area contributed by atoms with Gasteiger partial charge >= 0.3 is 0 Å². The number of unbranched alkanes of at least 4 members (excludes halogenated alkanes) is 2. The number of carbonyl (C=O) groups excluding carboxylic acids is 1. The van der Waals surface area contributed by atoms with E-state index in [0.29, 0.717) is 0 Å². The quantitative estimate of drug-likeness (QED) is 0.557. The van der Waals surface area contributed by atoms with Crippen LogP contribution in [0.25, 0.3) is 0 Å². The first-order valence-corrected chi connectivity index (χ1v) is 10.1. The monoisotopic (exact) mass is 383 g/mol. The Balaban J connectivity index is 2.09. The van der Waals surface area contributed by atoms with Crippen molar-refractivity contribution in [3.63, 3.8) is 0 Å². The highest BCUT2D eigenvalue weighted by Crippen LogP contribution is 2.22. The normalized spacial score (nSPS) is 16.1. The van der Waals surface area contributed by atoms with Crippen LogP contribution in [-0.2, 0) is 10.0 Å². The number of rotatable bonds is 7. The average molecular weight is 384 g/mol. The van der Waals surface area contributed by atoms with Gasteiger partial charge in [-0.1, -0.05) is 37.4 Å². The van der Waals surface area contributed by atoms with Crippen molar-refractivity contribution in [1.29, 1.82) is 0 Å². The molecule has 0 saturated heterocycles. The van der Waals surface area contributed by atoms with Gasteiger partial charge in [-0.05, 0) is 49.5 Å². The van der Waals surface area contributed by atoms with Crippen molar-refractivity contribution < 1.29 is 13.2 Å². The lowest BCUT2D eigenvalue weighted by molar-refractivity contribution is 0.0954. The minimum atomic E-state index is -4.00. The molecule has 6 nitrogen and oxygen atoms in total. The Hall–Kier alpha value is -1.70. The molecule has 0 aliphatic heterocycles. The number of nitrogens with one attached hydrogen (secondary N) is 1. The summed E-state index contributed by atoms with van der Waals surface area (Å²) in [5.41, 5.74) is 4.68. The summed E-state index contributed by atoms with van der Waals surface area (Å²) in [4.78, 5) is 12.0. The molecule has 1 aliphatic carbocycles. The minimum absolute atomic E-state index is 0.0256. The van der Waals surface area contributed by atoms with Crippen LogP contribution in [0.3, 0.4) is 0 Å². The number of halogens is 1. The smallest absolute Gasteiger partial charge is 0.267 e. The van der Waals surface area contributed by atoms with E-state index in [4.69, 9.17) is 16.7 Å². The molecule has 3 N–H and O–H groups in total. The maximum atomic E-state index is 12.2. The summed E-state index contributed by atoms with van der Waals surface area (Å²) in [6.45, 7) is 2.15. The van der Waals surface area contributed by atoms with Crippen LogP contribution >= 0.6 is 11.6 Å². The number of carbonyl (C=O) groups is 1. The standard InChI is InChI=1S/C17H22ClN3O3S/c1-2-3-4-6-12-7-5-8-15(12)20-21-17(22)13-9-10-14(18)16(11-13)25(19,23)24/h7,9-11H,2-6,8H2,1H3,(H,21,22)(H2,19,23,24). The molecule has 0 spiro atoms. The molecule has 0 fully saturated rings. The van der Waals surface area contributed by atoms with Crippen LogP contribution in [0.4, 0.5) is 0 Å². The molecule has 1 aromatic carbocycles. The first-order chi connectivity index (χ1) is 11.8. The van der Waals surface area contributed by atoms with E-state index >= 15 is 0 Å². The average Bonchev–Trinajstić information content (AvgIpc) is 2.99. The topological polar surface area (TPSA) is 102 Å². The number of amides is 1. The lowest BCUT2D eigenvalue weighted by Gasteiger charge is -2.07. The summed E-state index contributed by atoms with van der Waals surface area (Å²) in [5.74, 6) is -0.506. The number of allylic oxidation sites excluding steroid dienone is 2. The lowest BCUT2D eigenvalue weighted by Crippen LogP contribution is -2.21. The Morgan fingerprint density at radius 3 is 2.80 bits per heavy atom. The molecule has 25 heavy (non-hydrogen) atoms. The van der Waals surface area contributed by atoms with Gasteiger partial charge in [0.1, 0.15) is 4.90 Å². The number of benzene rings is 1. The molecule has 1 amide bonds. The second-order valence-electron chi connectivity index (χ2n) is 5.91. The maximum Gasteiger partial charge on any atom is 0.271 e. The van der Waals surface area contributed by atoms with E-state index in [1.807, 2.05) is 0 Å². The number of primary sulfonamides is 1. The van der Waals surface area contributed by atoms with E-state index in [2.05, 4.69) is 23.5 Å². The third-order valence-corrected chi connectivity index (χ3v) is 5.38. The minimum Gasteiger partial charge on any atom is -0.267 e. The molecule has 0 unspecified atom stereocenters. The fraction of sp³-hybridized carbons (Fsp3) is 0.412.